The molecule has 3 rings (SSSR count). The van der Waals surface area contributed by atoms with Gasteiger partial charge in [-0.2, -0.15) is 0 Å². The van der Waals surface area contributed by atoms with Crippen LogP contribution in [0.2, 0.25) is 0 Å². The predicted molar refractivity (Wildman–Crippen MR) is 91.4 cm³/mol. The molecule has 0 unspecified atom stereocenters. The molecular formula is C19H28FN3O+2. The minimum atomic E-state index is -0.170. The van der Waals surface area contributed by atoms with Crippen LogP contribution >= 0.6 is 0 Å². The summed E-state index contributed by atoms with van der Waals surface area (Å²) in [6, 6.07) is 9.60. The zero-order valence-electron chi connectivity index (χ0n) is 14.6. The van der Waals surface area contributed by atoms with E-state index in [1.165, 1.54) is 27.4 Å². The van der Waals surface area contributed by atoms with Crippen molar-refractivity contribution >= 4 is 0 Å². The molecule has 2 aromatic rings. The van der Waals surface area contributed by atoms with Crippen LogP contribution in [0.15, 0.2) is 30.3 Å². The first-order valence-corrected chi connectivity index (χ1v) is 8.78. The lowest BCUT2D eigenvalue weighted by Gasteiger charge is -2.30. The molecule has 1 aliphatic rings. The second-order valence-electron chi connectivity index (χ2n) is 6.71. The molecule has 1 fully saturated rings. The molecule has 0 radical (unpaired) electrons. The Morgan fingerprint density at radius 1 is 1.21 bits per heavy atom. The van der Waals surface area contributed by atoms with E-state index in [4.69, 9.17) is 4.74 Å². The summed E-state index contributed by atoms with van der Waals surface area (Å²) in [7, 11) is 0. The quantitative estimate of drug-likeness (QED) is 0.708. The lowest BCUT2D eigenvalue weighted by atomic mass is 10.0. The van der Waals surface area contributed by atoms with Crippen molar-refractivity contribution in [2.75, 3.05) is 32.8 Å². The van der Waals surface area contributed by atoms with Crippen molar-refractivity contribution < 1.29 is 19.3 Å². The fraction of sp³-hybridized carbons (Fsp3) is 0.474. The Balaban J connectivity index is 1.67. The predicted octanol–water partition coefficient (Wildman–Crippen LogP) is 0.490. The summed E-state index contributed by atoms with van der Waals surface area (Å²) in [6.07, 6.45) is 0. The van der Waals surface area contributed by atoms with Gasteiger partial charge in [-0.15, -0.1) is 0 Å². The number of ether oxygens (including phenoxy) is 1. The molecule has 1 atom stereocenters. The molecule has 0 spiro atoms. The smallest absolute Gasteiger partial charge is 0.163 e. The number of benzene rings is 1. The van der Waals surface area contributed by atoms with E-state index in [0.29, 0.717) is 6.04 Å². The van der Waals surface area contributed by atoms with Crippen molar-refractivity contribution in [2.45, 2.75) is 26.4 Å². The van der Waals surface area contributed by atoms with Gasteiger partial charge in [-0.25, -0.2) is 4.39 Å². The largest absolute Gasteiger partial charge is 0.370 e. The number of aryl methyl sites for hydroxylation is 2. The maximum absolute atomic E-state index is 13.3. The first kappa shape index (κ1) is 17.1. The van der Waals surface area contributed by atoms with Crippen LogP contribution in [0.25, 0.3) is 0 Å². The van der Waals surface area contributed by atoms with Gasteiger partial charge in [-0.05, 0) is 44.2 Å². The summed E-state index contributed by atoms with van der Waals surface area (Å²) in [6.45, 7) is 9.82. The van der Waals surface area contributed by atoms with Gasteiger partial charge in [0.1, 0.15) is 32.0 Å². The van der Waals surface area contributed by atoms with Crippen molar-refractivity contribution in [1.82, 2.24) is 4.98 Å². The van der Waals surface area contributed by atoms with Crippen LogP contribution in [-0.4, -0.2) is 37.8 Å². The number of hydrogen-bond acceptors (Lipinski definition) is 1. The van der Waals surface area contributed by atoms with Crippen LogP contribution in [0, 0.1) is 19.7 Å². The average Bonchev–Trinajstić information content (AvgIpc) is 2.91. The Hall–Kier alpha value is -1.69. The molecule has 1 aromatic carbocycles. The van der Waals surface area contributed by atoms with Gasteiger partial charge in [0.25, 0.3) is 0 Å². The molecular weight excluding hydrogens is 305 g/mol. The fourth-order valence-electron chi connectivity index (χ4n) is 3.61. The van der Waals surface area contributed by atoms with E-state index in [-0.39, 0.29) is 5.82 Å². The molecule has 0 bridgehead atoms. The number of morpholine rings is 1. The summed E-state index contributed by atoms with van der Waals surface area (Å²) in [5.41, 5.74) is 5.04. The Morgan fingerprint density at radius 3 is 2.54 bits per heavy atom. The highest BCUT2D eigenvalue weighted by Crippen LogP contribution is 2.11. The van der Waals surface area contributed by atoms with Crippen molar-refractivity contribution in [3.63, 3.8) is 0 Å². The van der Waals surface area contributed by atoms with Crippen LogP contribution in [0.4, 0.5) is 4.39 Å². The van der Waals surface area contributed by atoms with Gasteiger partial charge in [0.2, 0.25) is 0 Å². The van der Waals surface area contributed by atoms with Crippen molar-refractivity contribution in [3.8, 4) is 0 Å². The van der Waals surface area contributed by atoms with Crippen molar-refractivity contribution in [3.05, 3.63) is 58.7 Å². The number of aromatic amines is 1. The molecule has 0 saturated carbocycles. The number of nitrogens with two attached hydrogens (primary N) is 1. The third kappa shape index (κ3) is 4.23. The average molecular weight is 333 g/mol. The molecule has 5 heteroatoms. The van der Waals surface area contributed by atoms with Crippen molar-refractivity contribution in [2.24, 2.45) is 0 Å². The van der Waals surface area contributed by atoms with Crippen LogP contribution in [0.3, 0.4) is 0 Å². The minimum Gasteiger partial charge on any atom is -0.370 e. The highest BCUT2D eigenvalue weighted by atomic mass is 19.1. The van der Waals surface area contributed by atoms with Gasteiger partial charge < -0.3 is 19.9 Å². The third-order valence-corrected chi connectivity index (χ3v) is 4.92. The summed E-state index contributed by atoms with van der Waals surface area (Å²) in [4.78, 5) is 4.90. The van der Waals surface area contributed by atoms with E-state index < -0.39 is 0 Å². The minimum absolute atomic E-state index is 0.170. The fourth-order valence-corrected chi connectivity index (χ4v) is 3.61. The van der Waals surface area contributed by atoms with E-state index >= 15 is 0 Å². The number of quaternary nitrogens is 2. The van der Waals surface area contributed by atoms with Gasteiger partial charge in [-0.3, -0.25) is 0 Å². The molecule has 24 heavy (non-hydrogen) atoms. The Morgan fingerprint density at radius 2 is 1.92 bits per heavy atom. The lowest BCUT2D eigenvalue weighted by Crippen LogP contribution is -3.16. The zero-order chi connectivity index (χ0) is 16.9. The molecule has 4 nitrogen and oxygen atoms in total. The molecule has 130 valence electrons. The van der Waals surface area contributed by atoms with Crippen LogP contribution in [0.1, 0.15) is 28.6 Å². The summed E-state index contributed by atoms with van der Waals surface area (Å²) >= 11 is 0. The number of hydrogen-bond donors (Lipinski definition) is 3. The number of nitrogens with one attached hydrogen (secondary N) is 2. The molecule has 0 aliphatic carbocycles. The molecule has 4 N–H and O–H groups in total. The second-order valence-corrected chi connectivity index (χ2v) is 6.71. The SMILES string of the molecule is Cc1cc(C[NH2+]C[C@@H](c2ccc(F)cc2)[NH+]2CCOCC2)c(C)[nH]1. The number of halogens is 1. The number of rotatable bonds is 6. The Bertz CT molecular complexity index is 647. The molecule has 1 saturated heterocycles. The van der Waals surface area contributed by atoms with Crippen LogP contribution in [0.5, 0.6) is 0 Å². The first-order valence-electron chi connectivity index (χ1n) is 8.78. The van der Waals surface area contributed by atoms with E-state index in [9.17, 15) is 4.39 Å². The second kappa shape index (κ2) is 7.92. The monoisotopic (exact) mass is 333 g/mol. The molecule has 1 aromatic heterocycles. The molecule has 0 amide bonds. The van der Waals surface area contributed by atoms with Gasteiger partial charge in [0.05, 0.1) is 13.2 Å². The summed E-state index contributed by atoms with van der Waals surface area (Å²) in [5, 5.41) is 2.37. The van der Waals surface area contributed by atoms with Gasteiger partial charge >= 0.3 is 0 Å². The van der Waals surface area contributed by atoms with Crippen LogP contribution in [-0.2, 0) is 11.3 Å². The standard InChI is InChI=1S/C19H26FN3O/c1-14-11-17(15(2)22-14)12-21-13-19(23-7-9-24-10-8-23)16-3-5-18(20)6-4-16/h3-6,11,19,21-22H,7-10,12-13H2,1-2H3/p+2/t19-/m0/s1. The summed E-state index contributed by atoms with van der Waals surface area (Å²) < 4.78 is 18.8. The normalized spacial score (nSPS) is 17.1. The van der Waals surface area contributed by atoms with E-state index in [1.54, 1.807) is 12.1 Å². The Labute approximate surface area is 143 Å². The van der Waals surface area contributed by atoms with Crippen LogP contribution < -0.4 is 10.2 Å². The topological polar surface area (TPSA) is 46.1 Å². The van der Waals surface area contributed by atoms with Gasteiger partial charge in [0.15, 0.2) is 6.04 Å². The Kier molecular flexibility index (Phi) is 5.66. The number of H-pyrrole nitrogens is 1. The highest BCUT2D eigenvalue weighted by molar-refractivity contribution is 5.23. The van der Waals surface area contributed by atoms with E-state index in [1.807, 2.05) is 12.1 Å². The first-order chi connectivity index (χ1) is 11.6. The van der Waals surface area contributed by atoms with E-state index in [0.717, 1.165) is 39.4 Å². The lowest BCUT2D eigenvalue weighted by molar-refractivity contribution is -0.952. The van der Waals surface area contributed by atoms with Gasteiger partial charge in [0, 0.05) is 22.5 Å². The zero-order valence-corrected chi connectivity index (χ0v) is 14.6. The summed E-state index contributed by atoms with van der Waals surface area (Å²) in [5.74, 6) is -0.170. The van der Waals surface area contributed by atoms with E-state index in [2.05, 4.69) is 30.2 Å². The highest BCUT2D eigenvalue weighted by Gasteiger charge is 2.28. The molecule has 2 heterocycles. The molecule has 1 aliphatic heterocycles. The van der Waals surface area contributed by atoms with Crippen molar-refractivity contribution in [1.29, 1.82) is 0 Å². The number of aromatic nitrogens is 1. The maximum Gasteiger partial charge on any atom is 0.163 e. The van der Waals surface area contributed by atoms with Gasteiger partial charge in [-0.1, -0.05) is 0 Å². The third-order valence-electron chi connectivity index (χ3n) is 4.92. The maximum atomic E-state index is 13.3.